The maximum absolute atomic E-state index is 12.5. The minimum atomic E-state index is -3.72. The van der Waals surface area contributed by atoms with Crippen molar-refractivity contribution in [3.05, 3.63) is 12.1 Å². The highest BCUT2D eigenvalue weighted by Crippen LogP contribution is 2.49. The highest BCUT2D eigenvalue weighted by atomic mass is 32.1. The van der Waals surface area contributed by atoms with Crippen molar-refractivity contribution in [1.29, 1.82) is 0 Å². The van der Waals surface area contributed by atoms with Crippen LogP contribution >= 0.6 is 12.6 Å². The molecule has 1 aliphatic heterocycles. The van der Waals surface area contributed by atoms with Crippen molar-refractivity contribution >= 4 is 12.6 Å². The van der Waals surface area contributed by atoms with E-state index in [1.54, 1.807) is 0 Å². The SMILES string of the molecule is Oc1ccc(S)c2c1OC(F)(F)O2. The van der Waals surface area contributed by atoms with Crippen molar-refractivity contribution in [1.82, 2.24) is 0 Å². The Bertz CT molecular complexity index is 334. The van der Waals surface area contributed by atoms with Crippen LogP contribution in [0.15, 0.2) is 17.0 Å². The lowest BCUT2D eigenvalue weighted by Crippen LogP contribution is -2.26. The molecule has 13 heavy (non-hydrogen) atoms. The molecule has 0 saturated heterocycles. The molecule has 0 saturated carbocycles. The molecule has 0 amide bonds. The van der Waals surface area contributed by atoms with Crippen LogP contribution < -0.4 is 9.47 Å². The average molecular weight is 206 g/mol. The fourth-order valence-corrected chi connectivity index (χ4v) is 1.22. The summed E-state index contributed by atoms with van der Waals surface area (Å²) in [5.41, 5.74) is 0. The fourth-order valence-electron chi connectivity index (χ4n) is 0.998. The van der Waals surface area contributed by atoms with Crippen LogP contribution in [0.2, 0.25) is 0 Å². The lowest BCUT2D eigenvalue weighted by Gasteiger charge is -2.04. The number of aromatic hydroxyl groups is 1. The van der Waals surface area contributed by atoms with E-state index in [9.17, 15) is 8.78 Å². The number of phenols is 1. The van der Waals surface area contributed by atoms with Crippen LogP contribution in [0.5, 0.6) is 17.2 Å². The van der Waals surface area contributed by atoms with E-state index in [4.69, 9.17) is 5.11 Å². The van der Waals surface area contributed by atoms with Crippen LogP contribution in [0, 0.1) is 0 Å². The third kappa shape index (κ3) is 1.27. The number of benzene rings is 1. The number of hydrogen-bond acceptors (Lipinski definition) is 4. The summed E-state index contributed by atoms with van der Waals surface area (Å²) in [6.45, 7) is 0. The summed E-state index contributed by atoms with van der Waals surface area (Å²) in [7, 11) is 0. The van der Waals surface area contributed by atoms with Crippen LogP contribution in [0.1, 0.15) is 0 Å². The standard InChI is InChI=1S/C7H4F2O3S/c8-7(9)11-5-3(10)1-2-4(13)6(5)12-7/h1-2,10,13H. The number of phenolic OH excluding ortho intramolecular Hbond substituents is 1. The lowest BCUT2D eigenvalue weighted by molar-refractivity contribution is -0.287. The predicted octanol–water partition coefficient (Wildman–Crippen LogP) is 2.00. The Morgan fingerprint density at radius 2 is 1.85 bits per heavy atom. The van der Waals surface area contributed by atoms with E-state index in [1.165, 1.54) is 12.1 Å². The molecule has 0 aliphatic carbocycles. The van der Waals surface area contributed by atoms with Gasteiger partial charge in [0.05, 0.1) is 4.90 Å². The number of thiol groups is 1. The Kier molecular flexibility index (Phi) is 1.56. The Hall–Kier alpha value is -1.17. The van der Waals surface area contributed by atoms with Crippen molar-refractivity contribution in [3.8, 4) is 17.2 Å². The van der Waals surface area contributed by atoms with Gasteiger partial charge in [-0.1, -0.05) is 0 Å². The summed E-state index contributed by atoms with van der Waals surface area (Å²) >= 11 is 3.86. The molecular weight excluding hydrogens is 202 g/mol. The van der Waals surface area contributed by atoms with Gasteiger partial charge in [-0.2, -0.15) is 0 Å². The lowest BCUT2D eigenvalue weighted by atomic mass is 10.3. The first-order chi connectivity index (χ1) is 5.99. The molecule has 1 aliphatic rings. The zero-order chi connectivity index (χ0) is 9.64. The second kappa shape index (κ2) is 2.41. The minimum Gasteiger partial charge on any atom is -0.504 e. The van der Waals surface area contributed by atoms with Gasteiger partial charge in [-0.15, -0.1) is 21.4 Å². The highest BCUT2D eigenvalue weighted by molar-refractivity contribution is 7.80. The van der Waals surface area contributed by atoms with E-state index in [0.29, 0.717) is 0 Å². The topological polar surface area (TPSA) is 38.7 Å². The van der Waals surface area contributed by atoms with Gasteiger partial charge in [0.15, 0.2) is 11.5 Å². The van der Waals surface area contributed by atoms with Crippen LogP contribution in [-0.2, 0) is 0 Å². The number of alkyl halides is 2. The third-order valence-electron chi connectivity index (χ3n) is 1.51. The van der Waals surface area contributed by atoms with Gasteiger partial charge in [0.2, 0.25) is 5.75 Å². The molecule has 0 spiro atoms. The number of rotatable bonds is 0. The molecule has 1 aromatic carbocycles. The van der Waals surface area contributed by atoms with Gasteiger partial charge in [-0.05, 0) is 12.1 Å². The molecule has 6 heteroatoms. The molecule has 0 radical (unpaired) electrons. The van der Waals surface area contributed by atoms with Gasteiger partial charge in [-0.25, -0.2) is 0 Å². The molecule has 0 aromatic heterocycles. The van der Waals surface area contributed by atoms with Crippen LogP contribution in [0.4, 0.5) is 8.78 Å². The first kappa shape index (κ1) is 8.43. The monoisotopic (exact) mass is 206 g/mol. The molecule has 1 N–H and O–H groups in total. The van der Waals surface area contributed by atoms with Crippen LogP contribution in [-0.4, -0.2) is 11.4 Å². The van der Waals surface area contributed by atoms with E-state index >= 15 is 0 Å². The van der Waals surface area contributed by atoms with E-state index in [1.807, 2.05) is 0 Å². The van der Waals surface area contributed by atoms with Crippen LogP contribution in [0.3, 0.4) is 0 Å². The molecule has 0 atom stereocenters. The van der Waals surface area contributed by atoms with Crippen molar-refractivity contribution in [2.45, 2.75) is 11.2 Å². The maximum atomic E-state index is 12.5. The van der Waals surface area contributed by atoms with Gasteiger partial charge >= 0.3 is 6.29 Å². The van der Waals surface area contributed by atoms with Crippen molar-refractivity contribution in [2.24, 2.45) is 0 Å². The van der Waals surface area contributed by atoms with E-state index < -0.39 is 12.0 Å². The highest BCUT2D eigenvalue weighted by Gasteiger charge is 2.45. The van der Waals surface area contributed by atoms with E-state index in [2.05, 4.69) is 22.1 Å². The number of fused-ring (bicyclic) bond motifs is 1. The Labute approximate surface area is 77.3 Å². The Morgan fingerprint density at radius 3 is 2.46 bits per heavy atom. The molecule has 0 fully saturated rings. The second-order valence-electron chi connectivity index (χ2n) is 2.43. The number of ether oxygens (including phenoxy) is 2. The number of halogens is 2. The molecule has 70 valence electrons. The molecule has 1 heterocycles. The van der Waals surface area contributed by atoms with Crippen molar-refractivity contribution < 1.29 is 23.4 Å². The first-order valence-corrected chi connectivity index (χ1v) is 3.75. The smallest absolute Gasteiger partial charge is 0.504 e. The zero-order valence-electron chi connectivity index (χ0n) is 6.12. The zero-order valence-corrected chi connectivity index (χ0v) is 7.02. The van der Waals surface area contributed by atoms with Crippen molar-refractivity contribution in [3.63, 3.8) is 0 Å². The number of hydrogen-bond donors (Lipinski definition) is 2. The molecule has 1 aromatic rings. The van der Waals surface area contributed by atoms with Crippen molar-refractivity contribution in [2.75, 3.05) is 0 Å². The van der Waals surface area contributed by atoms with E-state index in [0.717, 1.165) is 0 Å². The van der Waals surface area contributed by atoms with Crippen LogP contribution in [0.25, 0.3) is 0 Å². The fraction of sp³-hybridized carbons (Fsp3) is 0.143. The molecule has 0 bridgehead atoms. The summed E-state index contributed by atoms with van der Waals surface area (Å²) in [5.74, 6) is -1.02. The maximum Gasteiger partial charge on any atom is 0.586 e. The Balaban J connectivity index is 2.56. The van der Waals surface area contributed by atoms with E-state index in [-0.39, 0.29) is 16.4 Å². The summed E-state index contributed by atoms with van der Waals surface area (Å²) < 4.78 is 33.2. The predicted molar refractivity (Wildman–Crippen MR) is 41.6 cm³/mol. The summed E-state index contributed by atoms with van der Waals surface area (Å²) in [5, 5.41) is 9.12. The second-order valence-corrected chi connectivity index (χ2v) is 2.91. The first-order valence-electron chi connectivity index (χ1n) is 3.30. The van der Waals surface area contributed by atoms with Gasteiger partial charge < -0.3 is 14.6 Å². The summed E-state index contributed by atoms with van der Waals surface area (Å²) in [6, 6.07) is 2.54. The van der Waals surface area contributed by atoms with Gasteiger partial charge in [-0.3, -0.25) is 0 Å². The van der Waals surface area contributed by atoms with Gasteiger partial charge in [0, 0.05) is 0 Å². The average Bonchev–Trinajstić information content (AvgIpc) is 2.35. The normalized spacial score (nSPS) is 17.5. The molecule has 0 unspecified atom stereocenters. The Morgan fingerprint density at radius 1 is 1.23 bits per heavy atom. The quantitative estimate of drug-likeness (QED) is 0.637. The third-order valence-corrected chi connectivity index (χ3v) is 1.86. The molecular formula is C7H4F2O3S. The summed E-state index contributed by atoms with van der Waals surface area (Å²) in [6.07, 6.45) is -3.72. The van der Waals surface area contributed by atoms with Gasteiger partial charge in [0.1, 0.15) is 0 Å². The minimum absolute atomic E-state index is 0.185. The molecule has 3 nitrogen and oxygen atoms in total. The largest absolute Gasteiger partial charge is 0.586 e. The van der Waals surface area contributed by atoms with Gasteiger partial charge in [0.25, 0.3) is 0 Å². The molecule has 2 rings (SSSR count). The summed E-state index contributed by atoms with van der Waals surface area (Å²) in [4.78, 5) is 0.185.